The second-order valence-electron chi connectivity index (χ2n) is 19.7. The number of benzene rings is 11. The summed E-state index contributed by atoms with van der Waals surface area (Å²) < 4.78 is 2.35. The summed E-state index contributed by atoms with van der Waals surface area (Å²) in [4.78, 5) is 2.45. The maximum absolute atomic E-state index is 3.84. The van der Waals surface area contributed by atoms with Gasteiger partial charge >= 0.3 is 0 Å². The van der Waals surface area contributed by atoms with E-state index in [4.69, 9.17) is 0 Å². The van der Waals surface area contributed by atoms with E-state index >= 15 is 0 Å². The van der Waals surface area contributed by atoms with E-state index in [9.17, 15) is 0 Å². The summed E-state index contributed by atoms with van der Waals surface area (Å²) in [6.45, 7) is 6.01. The number of para-hydroxylation sites is 1. The Hall–Kier alpha value is -9.50. The molecule has 1 aromatic heterocycles. The molecule has 0 atom stereocenters. The highest BCUT2D eigenvalue weighted by molar-refractivity contribution is 6.11. The molecule has 0 N–H and O–H groups in total. The molecular formula is C72H50N2. The largest absolute Gasteiger partial charge is 0.313 e. The number of hydrogen-bond acceptors (Lipinski definition) is 1. The van der Waals surface area contributed by atoms with Crippen LogP contribution >= 0.6 is 0 Å². The van der Waals surface area contributed by atoms with Gasteiger partial charge in [0, 0.05) is 33.5 Å². The molecule has 0 radical (unpaired) electrons. The fourth-order valence-electron chi connectivity index (χ4n) is 12.4. The third-order valence-electron chi connectivity index (χ3n) is 15.7. The van der Waals surface area contributed by atoms with Gasteiger partial charge in [0.15, 0.2) is 0 Å². The van der Waals surface area contributed by atoms with Crippen LogP contribution in [0.2, 0.25) is 0 Å². The number of hydrogen-bond donors (Lipinski definition) is 0. The highest BCUT2D eigenvalue weighted by atomic mass is 15.1. The first-order valence-electron chi connectivity index (χ1n) is 25.6. The van der Waals surface area contributed by atoms with Crippen LogP contribution in [0.4, 0.5) is 17.1 Å². The van der Waals surface area contributed by atoms with E-state index in [2.05, 4.69) is 278 Å². The Bertz CT molecular complexity index is 4210. The first-order valence-corrected chi connectivity index (χ1v) is 25.6. The minimum absolute atomic E-state index is 0.454. The molecule has 2 aliphatic rings. The molecule has 1 heterocycles. The molecule has 2 aliphatic carbocycles. The molecule has 0 saturated heterocycles. The molecule has 11 aromatic carbocycles. The van der Waals surface area contributed by atoms with Crippen molar-refractivity contribution in [2.45, 2.75) is 12.3 Å². The summed E-state index contributed by atoms with van der Waals surface area (Å²) in [7, 11) is 0. The lowest BCUT2D eigenvalue weighted by Crippen LogP contribution is -2.26. The molecule has 14 rings (SSSR count). The molecule has 0 bridgehead atoms. The summed E-state index contributed by atoms with van der Waals surface area (Å²) in [6, 6.07) is 92.5. The standard InChI is InChI=1S/C72H50N2/c1-3-4-5-17-48(2)73-70-29-15-11-25-64(70)65-46-56(38-43-71(65)73)51-32-30-50(31-33-51)54-20-16-21-58(45-54)74(57-39-36-52(37-40-57)55-35-34-49-18-6-7-19-53(49)44-55)59-41-42-63-62-24-10-14-28-68(62)72(69(63)47-59)66-26-12-8-22-60(66)61-23-9-13-27-67(61)72/h3-47H,1H2,2H3/b5-4-,48-17+. The van der Waals surface area contributed by atoms with Gasteiger partial charge in [0.25, 0.3) is 0 Å². The number of nitrogens with zero attached hydrogens (tertiary/aromatic N) is 2. The molecule has 0 amide bonds. The summed E-state index contributed by atoms with van der Waals surface area (Å²) in [5.74, 6) is 0. The van der Waals surface area contributed by atoms with E-state index < -0.39 is 5.41 Å². The summed E-state index contributed by atoms with van der Waals surface area (Å²) in [5.41, 5.74) is 24.0. The van der Waals surface area contributed by atoms with Crippen LogP contribution in [0.5, 0.6) is 0 Å². The number of allylic oxidation sites excluding steroid dienone is 5. The maximum atomic E-state index is 3.84. The van der Waals surface area contributed by atoms with Crippen LogP contribution in [-0.2, 0) is 5.41 Å². The van der Waals surface area contributed by atoms with Crippen molar-refractivity contribution in [1.29, 1.82) is 0 Å². The molecule has 2 heteroatoms. The molecule has 0 aliphatic heterocycles. The molecule has 348 valence electrons. The van der Waals surface area contributed by atoms with Crippen LogP contribution < -0.4 is 4.90 Å². The van der Waals surface area contributed by atoms with Crippen molar-refractivity contribution in [2.24, 2.45) is 0 Å². The van der Waals surface area contributed by atoms with Crippen LogP contribution in [0.3, 0.4) is 0 Å². The topological polar surface area (TPSA) is 8.17 Å². The Labute approximate surface area is 432 Å². The average Bonchev–Trinajstić information content (AvgIpc) is 4.21. The predicted octanol–water partition coefficient (Wildman–Crippen LogP) is 19.4. The first kappa shape index (κ1) is 43.3. The second kappa shape index (κ2) is 17.4. The van der Waals surface area contributed by atoms with Gasteiger partial charge in [-0.1, -0.05) is 213 Å². The first-order chi connectivity index (χ1) is 36.6. The lowest BCUT2D eigenvalue weighted by molar-refractivity contribution is 0.793. The highest BCUT2D eigenvalue weighted by Crippen LogP contribution is 2.63. The van der Waals surface area contributed by atoms with E-state index in [1.165, 1.54) is 99.3 Å². The van der Waals surface area contributed by atoms with Gasteiger partial charge in [0.1, 0.15) is 0 Å². The fourth-order valence-corrected chi connectivity index (χ4v) is 12.4. The van der Waals surface area contributed by atoms with Crippen molar-refractivity contribution in [1.82, 2.24) is 4.57 Å². The van der Waals surface area contributed by atoms with Gasteiger partial charge in [-0.3, -0.25) is 0 Å². The van der Waals surface area contributed by atoms with E-state index in [1.54, 1.807) is 0 Å². The monoisotopic (exact) mass is 942 g/mol. The molecule has 2 nitrogen and oxygen atoms in total. The molecule has 74 heavy (non-hydrogen) atoms. The maximum Gasteiger partial charge on any atom is 0.0726 e. The van der Waals surface area contributed by atoms with Gasteiger partial charge in [-0.15, -0.1) is 0 Å². The van der Waals surface area contributed by atoms with Crippen molar-refractivity contribution in [3.05, 3.63) is 302 Å². The van der Waals surface area contributed by atoms with Gasteiger partial charge in [0.05, 0.1) is 16.4 Å². The molecule has 0 saturated carbocycles. The van der Waals surface area contributed by atoms with E-state index in [0.717, 1.165) is 33.9 Å². The Morgan fingerprint density at radius 1 is 0.378 bits per heavy atom. The molecular weight excluding hydrogens is 893 g/mol. The van der Waals surface area contributed by atoms with Crippen LogP contribution in [-0.4, -0.2) is 4.57 Å². The minimum Gasteiger partial charge on any atom is -0.313 e. The Morgan fingerprint density at radius 2 is 0.892 bits per heavy atom. The Morgan fingerprint density at radius 3 is 1.58 bits per heavy atom. The van der Waals surface area contributed by atoms with Gasteiger partial charge in [-0.2, -0.15) is 0 Å². The number of rotatable bonds is 9. The zero-order valence-corrected chi connectivity index (χ0v) is 41.1. The molecule has 0 unspecified atom stereocenters. The average molecular weight is 943 g/mol. The molecule has 1 spiro atoms. The van der Waals surface area contributed by atoms with Crippen molar-refractivity contribution in [3.63, 3.8) is 0 Å². The van der Waals surface area contributed by atoms with E-state index in [0.29, 0.717) is 0 Å². The van der Waals surface area contributed by atoms with E-state index in [1.807, 2.05) is 18.2 Å². The minimum atomic E-state index is -0.454. The zero-order valence-electron chi connectivity index (χ0n) is 41.1. The van der Waals surface area contributed by atoms with Crippen LogP contribution in [0.15, 0.2) is 280 Å². The fraction of sp³-hybridized carbons (Fsp3) is 0.0278. The number of aromatic nitrogens is 1. The lowest BCUT2D eigenvalue weighted by atomic mass is 9.70. The summed E-state index contributed by atoms with van der Waals surface area (Å²) in [6.07, 6.45) is 7.97. The van der Waals surface area contributed by atoms with Crippen LogP contribution in [0.25, 0.3) is 93.9 Å². The SMILES string of the molecule is C=C/C=C\C=C(/C)n1c2ccccc2c2cc(-c3ccc(-c4cccc(N(c5ccc(-c6ccc7ccccc7c6)cc5)c5ccc6c(c5)C5(c7ccccc7-c7ccccc75)c5ccccc5-6)c4)cc3)ccc21. The molecule has 0 fully saturated rings. The van der Waals surface area contributed by atoms with Gasteiger partial charge in [0.2, 0.25) is 0 Å². The Kier molecular flexibility index (Phi) is 10.2. The van der Waals surface area contributed by atoms with Crippen LogP contribution in [0, 0.1) is 0 Å². The van der Waals surface area contributed by atoms with E-state index in [-0.39, 0.29) is 0 Å². The highest BCUT2D eigenvalue weighted by Gasteiger charge is 2.51. The van der Waals surface area contributed by atoms with Crippen molar-refractivity contribution < 1.29 is 0 Å². The Balaban J connectivity index is 0.880. The van der Waals surface area contributed by atoms with Crippen molar-refractivity contribution in [2.75, 3.05) is 4.90 Å². The smallest absolute Gasteiger partial charge is 0.0726 e. The zero-order chi connectivity index (χ0) is 49.3. The predicted molar refractivity (Wildman–Crippen MR) is 314 cm³/mol. The summed E-state index contributed by atoms with van der Waals surface area (Å²) in [5, 5.41) is 4.97. The quantitative estimate of drug-likeness (QED) is 0.131. The third kappa shape index (κ3) is 6.72. The van der Waals surface area contributed by atoms with Gasteiger partial charge in [-0.05, 0) is 162 Å². The lowest BCUT2D eigenvalue weighted by Gasteiger charge is -2.32. The third-order valence-corrected chi connectivity index (χ3v) is 15.7. The van der Waals surface area contributed by atoms with Gasteiger partial charge < -0.3 is 9.47 Å². The normalized spacial score (nSPS) is 13.1. The van der Waals surface area contributed by atoms with Gasteiger partial charge in [-0.25, -0.2) is 0 Å². The molecule has 12 aromatic rings. The van der Waals surface area contributed by atoms with Crippen LogP contribution in [0.1, 0.15) is 29.2 Å². The second-order valence-corrected chi connectivity index (χ2v) is 19.7. The number of anilines is 3. The van der Waals surface area contributed by atoms with Crippen molar-refractivity contribution in [3.8, 4) is 55.6 Å². The van der Waals surface area contributed by atoms with Crippen molar-refractivity contribution >= 4 is 55.3 Å². The number of fused-ring (bicyclic) bond motifs is 14. The summed E-state index contributed by atoms with van der Waals surface area (Å²) >= 11 is 0.